The first-order valence-corrected chi connectivity index (χ1v) is 17.4. The molecule has 2 aromatic carbocycles. The Morgan fingerprint density at radius 1 is 0.957 bits per heavy atom. The van der Waals surface area contributed by atoms with Crippen molar-refractivity contribution < 1.29 is 31.7 Å². The number of rotatable bonds is 11. The van der Waals surface area contributed by atoms with Crippen molar-refractivity contribution >= 4 is 32.7 Å². The molecule has 0 saturated carbocycles. The Hall–Kier alpha value is -3.68. The molecule has 3 N–H and O–H groups in total. The summed E-state index contributed by atoms with van der Waals surface area (Å²) >= 11 is 0. The van der Waals surface area contributed by atoms with Gasteiger partial charge in [0.2, 0.25) is 0 Å². The molecule has 0 fully saturated rings. The fraction of sp³-hybridized carbons (Fsp3) is 0.424. The van der Waals surface area contributed by atoms with Crippen LogP contribution in [-0.4, -0.2) is 49.7 Å². The molecule has 0 bridgehead atoms. The SMILES string of the molecule is CC(c1ccc(C(=O)c2ccc(F)cc2)c(-c2cn(C)c(=O)cc2[C@H](C)NS(=O)C(C)(C)C)c1)S(=O)(=O)C(C)C(C)(C)NC(=O)O. The molecule has 1 heterocycles. The van der Waals surface area contributed by atoms with Crippen molar-refractivity contribution in [1.29, 1.82) is 0 Å². The van der Waals surface area contributed by atoms with Gasteiger partial charge in [0, 0.05) is 42.0 Å². The fourth-order valence-corrected chi connectivity index (χ4v) is 7.72. The summed E-state index contributed by atoms with van der Waals surface area (Å²) in [4.78, 5) is 38.1. The Kier molecular flexibility index (Phi) is 10.9. The first kappa shape index (κ1) is 36.8. The van der Waals surface area contributed by atoms with Crippen LogP contribution in [0, 0.1) is 5.82 Å². The lowest BCUT2D eigenvalue weighted by Crippen LogP contribution is -2.54. The van der Waals surface area contributed by atoms with Crippen molar-refractivity contribution in [1.82, 2.24) is 14.6 Å². The van der Waals surface area contributed by atoms with Crippen LogP contribution >= 0.6 is 0 Å². The van der Waals surface area contributed by atoms with Gasteiger partial charge >= 0.3 is 6.09 Å². The van der Waals surface area contributed by atoms with E-state index in [0.717, 1.165) is 12.1 Å². The molecule has 0 aliphatic carbocycles. The highest BCUT2D eigenvalue weighted by Crippen LogP contribution is 2.37. The maximum Gasteiger partial charge on any atom is 0.405 e. The number of benzene rings is 2. The predicted octanol–water partition coefficient (Wildman–Crippen LogP) is 5.45. The molecule has 0 radical (unpaired) electrons. The van der Waals surface area contributed by atoms with E-state index in [2.05, 4.69) is 10.0 Å². The molecule has 10 nitrogen and oxygen atoms in total. The molecule has 1 aromatic heterocycles. The van der Waals surface area contributed by atoms with Gasteiger partial charge in [0.1, 0.15) is 5.82 Å². The van der Waals surface area contributed by atoms with Crippen molar-refractivity contribution in [3.63, 3.8) is 0 Å². The van der Waals surface area contributed by atoms with Gasteiger partial charge < -0.3 is 15.0 Å². The largest absolute Gasteiger partial charge is 0.465 e. The van der Waals surface area contributed by atoms with E-state index in [-0.39, 0.29) is 16.7 Å². The first-order valence-electron chi connectivity index (χ1n) is 14.6. The number of aryl methyl sites for hydroxylation is 1. The Morgan fingerprint density at radius 2 is 1.54 bits per heavy atom. The Labute approximate surface area is 271 Å². The number of hydrogen-bond donors (Lipinski definition) is 3. The van der Waals surface area contributed by atoms with Gasteiger partial charge in [0.15, 0.2) is 15.6 Å². The van der Waals surface area contributed by atoms with Gasteiger partial charge in [-0.3, -0.25) is 9.59 Å². The molecule has 13 heteroatoms. The summed E-state index contributed by atoms with van der Waals surface area (Å²) in [6, 6.07) is 10.4. The Bertz CT molecular complexity index is 1830. The number of nitrogens with one attached hydrogen (secondary N) is 2. The number of amides is 1. The van der Waals surface area contributed by atoms with Gasteiger partial charge in [-0.15, -0.1) is 0 Å². The molecule has 4 atom stereocenters. The van der Waals surface area contributed by atoms with Crippen LogP contribution in [0.4, 0.5) is 9.18 Å². The van der Waals surface area contributed by atoms with Gasteiger partial charge in [0.25, 0.3) is 5.56 Å². The van der Waals surface area contributed by atoms with Crippen molar-refractivity contribution in [2.75, 3.05) is 0 Å². The first-order chi connectivity index (χ1) is 21.1. The van der Waals surface area contributed by atoms with Crippen LogP contribution in [0.2, 0.25) is 0 Å². The number of halogens is 1. The van der Waals surface area contributed by atoms with Crippen molar-refractivity contribution in [3.05, 3.63) is 93.2 Å². The van der Waals surface area contributed by atoms with Gasteiger partial charge in [-0.25, -0.2) is 26.5 Å². The lowest BCUT2D eigenvalue weighted by atomic mass is 9.89. The second kappa shape index (κ2) is 13.6. The van der Waals surface area contributed by atoms with Crippen molar-refractivity contribution in [2.45, 2.75) is 82.2 Å². The number of carboxylic acid groups (broad SMARTS) is 1. The van der Waals surface area contributed by atoms with Gasteiger partial charge in [-0.2, -0.15) is 0 Å². The van der Waals surface area contributed by atoms with Crippen molar-refractivity contribution in [2.24, 2.45) is 7.05 Å². The molecule has 1 amide bonds. The van der Waals surface area contributed by atoms with Gasteiger partial charge in [0.05, 0.1) is 31.8 Å². The van der Waals surface area contributed by atoms with Crippen LogP contribution in [0.5, 0.6) is 0 Å². The molecule has 46 heavy (non-hydrogen) atoms. The summed E-state index contributed by atoms with van der Waals surface area (Å²) in [5.74, 6) is -0.983. The highest BCUT2D eigenvalue weighted by atomic mass is 32.2. The van der Waals surface area contributed by atoms with E-state index in [1.54, 1.807) is 40.8 Å². The van der Waals surface area contributed by atoms with E-state index in [1.165, 1.54) is 68.8 Å². The smallest absolute Gasteiger partial charge is 0.405 e. The highest BCUT2D eigenvalue weighted by molar-refractivity contribution is 7.92. The summed E-state index contributed by atoms with van der Waals surface area (Å²) in [7, 11) is -4.00. The predicted molar refractivity (Wildman–Crippen MR) is 178 cm³/mol. The summed E-state index contributed by atoms with van der Waals surface area (Å²) in [5, 5.41) is 9.28. The van der Waals surface area contributed by atoms with E-state index >= 15 is 0 Å². The van der Waals surface area contributed by atoms with Crippen molar-refractivity contribution in [3.8, 4) is 11.1 Å². The standard InChI is InChI=1S/C33H42FN3O7S2/c1-19(36-45(42)32(4,5)6)26-17-29(38)37(9)18-28(26)27-16-23(12-15-25(27)30(39)22-10-13-24(34)14-11-22)20(2)46(43,44)21(3)33(7,8)35-31(40)41/h10-21,35-36H,1-9H3,(H,40,41)/t19-,20?,21?,45?/m0/s1. The Morgan fingerprint density at radius 3 is 2.09 bits per heavy atom. The highest BCUT2D eigenvalue weighted by Gasteiger charge is 2.41. The van der Waals surface area contributed by atoms with Crippen LogP contribution in [0.15, 0.2) is 59.5 Å². The second-order valence-electron chi connectivity index (χ2n) is 13.0. The van der Waals surface area contributed by atoms with Crippen LogP contribution in [0.3, 0.4) is 0 Å². The third-order valence-electron chi connectivity index (χ3n) is 8.15. The van der Waals surface area contributed by atoms with E-state index in [9.17, 15) is 36.5 Å². The monoisotopic (exact) mass is 675 g/mol. The molecule has 3 aromatic rings. The quantitative estimate of drug-likeness (QED) is 0.229. The van der Waals surface area contributed by atoms with Gasteiger partial charge in [-0.1, -0.05) is 12.1 Å². The number of nitrogens with zero attached hydrogens (tertiary/aromatic N) is 1. The van der Waals surface area contributed by atoms with Crippen LogP contribution < -0.4 is 15.6 Å². The van der Waals surface area contributed by atoms with Gasteiger partial charge in [-0.05, 0) is 102 Å². The lowest BCUT2D eigenvalue weighted by molar-refractivity contribution is 0.103. The Balaban J connectivity index is 2.30. The lowest BCUT2D eigenvalue weighted by Gasteiger charge is -2.33. The molecular weight excluding hydrogens is 634 g/mol. The molecule has 0 aliphatic rings. The maximum atomic E-state index is 13.9. The molecule has 3 unspecified atom stereocenters. The fourth-order valence-electron chi connectivity index (χ4n) is 4.90. The van der Waals surface area contributed by atoms with Crippen LogP contribution in [-0.2, 0) is 27.9 Å². The zero-order valence-electron chi connectivity index (χ0n) is 27.5. The average Bonchev–Trinajstić information content (AvgIpc) is 2.96. The number of sulfone groups is 1. The normalized spacial score (nSPS) is 15.1. The zero-order chi connectivity index (χ0) is 34.9. The minimum Gasteiger partial charge on any atom is -0.465 e. The van der Waals surface area contributed by atoms with Crippen LogP contribution in [0.1, 0.15) is 93.7 Å². The number of aromatic nitrogens is 1. The summed E-state index contributed by atoms with van der Waals surface area (Å²) < 4.78 is 58.2. The number of ketones is 1. The minimum atomic E-state index is -4.02. The molecular formula is C33H42FN3O7S2. The molecule has 3 rings (SSSR count). The third kappa shape index (κ3) is 7.99. The minimum absolute atomic E-state index is 0.171. The second-order valence-corrected chi connectivity index (χ2v) is 17.6. The molecule has 0 spiro atoms. The topological polar surface area (TPSA) is 152 Å². The third-order valence-corrected chi connectivity index (χ3v) is 12.7. The van der Waals surface area contributed by atoms with E-state index in [1.807, 2.05) is 0 Å². The van der Waals surface area contributed by atoms with E-state index < -0.39 is 65.3 Å². The number of pyridine rings is 1. The number of hydrogen-bond acceptors (Lipinski definition) is 6. The molecule has 250 valence electrons. The molecule has 0 aliphatic heterocycles. The number of carbonyl (C=O) groups is 2. The summed E-state index contributed by atoms with van der Waals surface area (Å²) in [6.45, 7) is 13.0. The van der Waals surface area contributed by atoms with E-state index in [0.29, 0.717) is 22.3 Å². The number of carbonyl (C=O) groups excluding carboxylic acids is 1. The summed E-state index contributed by atoms with van der Waals surface area (Å²) in [5.41, 5.74) is 0.173. The zero-order valence-corrected chi connectivity index (χ0v) is 29.1. The maximum absolute atomic E-state index is 13.9. The van der Waals surface area contributed by atoms with Crippen LogP contribution in [0.25, 0.3) is 11.1 Å². The van der Waals surface area contributed by atoms with E-state index in [4.69, 9.17) is 0 Å². The molecule has 0 saturated heterocycles. The summed E-state index contributed by atoms with van der Waals surface area (Å²) in [6.07, 6.45) is 0.181. The average molecular weight is 676 g/mol.